The predicted octanol–water partition coefficient (Wildman–Crippen LogP) is 7.84. The molecule has 0 spiro atoms. The molecule has 0 amide bonds. The van der Waals surface area contributed by atoms with E-state index in [1.165, 1.54) is 25.7 Å². The summed E-state index contributed by atoms with van der Waals surface area (Å²) < 4.78 is 13.5. The van der Waals surface area contributed by atoms with E-state index in [4.69, 9.17) is 0 Å². The highest BCUT2D eigenvalue weighted by Gasteiger charge is 2.35. The van der Waals surface area contributed by atoms with Crippen molar-refractivity contribution < 1.29 is 9.18 Å². The smallest absolute Gasteiger partial charge is 0.186 e. The summed E-state index contributed by atoms with van der Waals surface area (Å²) in [7, 11) is 0. The van der Waals surface area contributed by atoms with Gasteiger partial charge >= 0.3 is 0 Å². The van der Waals surface area contributed by atoms with Crippen LogP contribution in [0.3, 0.4) is 0 Å². The van der Waals surface area contributed by atoms with Gasteiger partial charge in [-0.25, -0.2) is 4.39 Å². The molecule has 2 atom stereocenters. The molecule has 1 saturated carbocycles. The SMILES string of the molecule is C=C(CC1CCCC1)CC(NC(=C)C(C)(CC(=C)c1nccc2ccccc12)C(C)C)C(=O)CF. The van der Waals surface area contributed by atoms with Gasteiger partial charge in [0.05, 0.1) is 11.7 Å². The molecule has 1 heterocycles. The topological polar surface area (TPSA) is 42.0 Å². The number of fused-ring (bicyclic) bond motifs is 1. The van der Waals surface area contributed by atoms with Gasteiger partial charge in [-0.3, -0.25) is 9.78 Å². The molecular formula is C31H41FN2O. The highest BCUT2D eigenvalue weighted by molar-refractivity contribution is 5.91. The quantitative estimate of drug-likeness (QED) is 0.299. The Balaban J connectivity index is 1.77. The lowest BCUT2D eigenvalue weighted by molar-refractivity contribution is -0.121. The number of Topliss-reactive ketones (excluding diaryl/α,β-unsaturated/α-hetero) is 1. The molecule has 35 heavy (non-hydrogen) atoms. The zero-order chi connectivity index (χ0) is 25.6. The lowest BCUT2D eigenvalue weighted by Gasteiger charge is -2.38. The second-order valence-electron chi connectivity index (χ2n) is 10.8. The monoisotopic (exact) mass is 476 g/mol. The summed E-state index contributed by atoms with van der Waals surface area (Å²) in [6, 6.07) is 9.51. The van der Waals surface area contributed by atoms with Crippen molar-refractivity contribution >= 4 is 22.1 Å². The minimum absolute atomic E-state index is 0.206. The first-order valence-corrected chi connectivity index (χ1v) is 12.9. The third kappa shape index (κ3) is 6.48. The van der Waals surface area contributed by atoms with E-state index in [9.17, 15) is 9.18 Å². The Morgan fingerprint density at radius 2 is 1.86 bits per heavy atom. The number of ketones is 1. The Morgan fingerprint density at radius 1 is 1.17 bits per heavy atom. The number of benzene rings is 1. The van der Waals surface area contributed by atoms with Gasteiger partial charge in [-0.05, 0) is 48.1 Å². The number of nitrogens with zero attached hydrogens (tertiary/aromatic N) is 1. The number of rotatable bonds is 13. The lowest BCUT2D eigenvalue weighted by Crippen LogP contribution is -2.43. The fraction of sp³-hybridized carbons (Fsp3) is 0.484. The maximum Gasteiger partial charge on any atom is 0.186 e. The summed E-state index contributed by atoms with van der Waals surface area (Å²) in [5.74, 6) is 0.403. The van der Waals surface area contributed by atoms with Gasteiger partial charge in [0.2, 0.25) is 0 Å². The summed E-state index contributed by atoms with van der Waals surface area (Å²) in [6.07, 6.45) is 8.76. The molecule has 1 aliphatic carbocycles. The summed E-state index contributed by atoms with van der Waals surface area (Å²) in [5, 5.41) is 5.52. The number of nitrogens with one attached hydrogen (secondary N) is 1. The van der Waals surface area contributed by atoms with E-state index in [-0.39, 0.29) is 5.92 Å². The van der Waals surface area contributed by atoms with Gasteiger partial charge in [0.15, 0.2) is 5.78 Å². The van der Waals surface area contributed by atoms with Crippen molar-refractivity contribution in [3.63, 3.8) is 0 Å². The second-order valence-corrected chi connectivity index (χ2v) is 10.8. The highest BCUT2D eigenvalue weighted by Crippen LogP contribution is 2.42. The molecule has 1 aromatic carbocycles. The van der Waals surface area contributed by atoms with E-state index in [0.29, 0.717) is 18.8 Å². The van der Waals surface area contributed by atoms with E-state index in [0.717, 1.165) is 39.7 Å². The number of carbonyl (C=O) groups excluding carboxylic acids is 1. The molecule has 1 aromatic heterocycles. The van der Waals surface area contributed by atoms with Crippen LogP contribution in [0.5, 0.6) is 0 Å². The van der Waals surface area contributed by atoms with Gasteiger partial charge in [-0.1, -0.05) is 96.0 Å². The Bertz CT molecular complexity index is 1080. The molecular weight excluding hydrogens is 435 g/mol. The third-order valence-electron chi connectivity index (χ3n) is 7.97. The first kappa shape index (κ1) is 26.8. The molecule has 188 valence electrons. The van der Waals surface area contributed by atoms with Crippen molar-refractivity contribution in [1.82, 2.24) is 10.3 Å². The summed E-state index contributed by atoms with van der Waals surface area (Å²) in [6.45, 7) is 18.4. The molecule has 4 heteroatoms. The molecule has 1 N–H and O–H groups in total. The number of carbonyl (C=O) groups is 1. The number of halogens is 1. The van der Waals surface area contributed by atoms with Gasteiger partial charge in [0, 0.05) is 22.7 Å². The van der Waals surface area contributed by atoms with Gasteiger partial charge < -0.3 is 5.32 Å². The molecule has 3 nitrogen and oxygen atoms in total. The molecule has 0 aliphatic heterocycles. The first-order valence-electron chi connectivity index (χ1n) is 12.9. The Morgan fingerprint density at radius 3 is 2.51 bits per heavy atom. The van der Waals surface area contributed by atoms with E-state index in [2.05, 4.69) is 62.9 Å². The molecule has 1 fully saturated rings. The summed E-state index contributed by atoms with van der Waals surface area (Å²) in [5.41, 5.74) is 3.13. The minimum Gasteiger partial charge on any atom is -0.378 e. The van der Waals surface area contributed by atoms with Crippen molar-refractivity contribution in [3.05, 3.63) is 73.2 Å². The van der Waals surface area contributed by atoms with Crippen LogP contribution in [0.4, 0.5) is 4.39 Å². The second kappa shape index (κ2) is 11.8. The van der Waals surface area contributed by atoms with E-state index in [1.54, 1.807) is 0 Å². The largest absolute Gasteiger partial charge is 0.378 e. The Kier molecular flexibility index (Phi) is 9.04. The fourth-order valence-corrected chi connectivity index (χ4v) is 5.30. The van der Waals surface area contributed by atoms with Crippen LogP contribution in [-0.2, 0) is 4.79 Å². The van der Waals surface area contributed by atoms with Gasteiger partial charge in [0.25, 0.3) is 0 Å². The van der Waals surface area contributed by atoms with E-state index < -0.39 is 23.9 Å². The minimum atomic E-state index is -0.993. The van der Waals surface area contributed by atoms with Gasteiger partial charge in [-0.2, -0.15) is 0 Å². The molecule has 0 bridgehead atoms. The van der Waals surface area contributed by atoms with Crippen molar-refractivity contribution in [2.75, 3.05) is 6.67 Å². The number of allylic oxidation sites excluding steroid dienone is 2. The molecule has 3 rings (SSSR count). The van der Waals surface area contributed by atoms with E-state index >= 15 is 0 Å². The zero-order valence-electron chi connectivity index (χ0n) is 21.7. The van der Waals surface area contributed by atoms with Crippen LogP contribution in [0.2, 0.25) is 0 Å². The van der Waals surface area contributed by atoms with Crippen molar-refractivity contribution in [3.8, 4) is 0 Å². The normalized spacial score (nSPS) is 16.7. The maximum atomic E-state index is 13.5. The summed E-state index contributed by atoms with van der Waals surface area (Å²) >= 11 is 0. The number of alkyl halides is 1. The van der Waals surface area contributed by atoms with Crippen LogP contribution in [0.15, 0.2) is 67.5 Å². The van der Waals surface area contributed by atoms with Crippen molar-refractivity contribution in [2.45, 2.75) is 71.8 Å². The van der Waals surface area contributed by atoms with Crippen LogP contribution in [-0.4, -0.2) is 23.5 Å². The third-order valence-corrected chi connectivity index (χ3v) is 7.97. The molecule has 1 aliphatic rings. The van der Waals surface area contributed by atoms with Crippen LogP contribution < -0.4 is 5.32 Å². The van der Waals surface area contributed by atoms with Crippen LogP contribution in [0.1, 0.15) is 71.4 Å². The van der Waals surface area contributed by atoms with Gasteiger partial charge in [-0.15, -0.1) is 0 Å². The summed E-state index contributed by atoms with van der Waals surface area (Å²) in [4.78, 5) is 17.2. The zero-order valence-corrected chi connectivity index (χ0v) is 21.7. The number of hydrogen-bond donors (Lipinski definition) is 1. The average Bonchev–Trinajstić information content (AvgIpc) is 3.35. The Labute approximate surface area is 210 Å². The molecule has 0 radical (unpaired) electrons. The van der Waals surface area contributed by atoms with Crippen LogP contribution in [0.25, 0.3) is 16.3 Å². The fourth-order valence-electron chi connectivity index (χ4n) is 5.30. The van der Waals surface area contributed by atoms with Crippen molar-refractivity contribution in [1.29, 1.82) is 0 Å². The standard InChI is InChI=1S/C31H41FN2O/c1-21(2)31(6,19-23(4)30-27-14-10-9-13-26(27)15-16-33-30)24(5)34-28(29(35)20-32)18-22(3)17-25-11-7-8-12-25/h9-10,13-16,21,25,28,34H,3-5,7-8,11-12,17-20H2,1-2,6H3. The lowest BCUT2D eigenvalue weighted by atomic mass is 9.71. The average molecular weight is 477 g/mol. The molecule has 2 unspecified atom stereocenters. The first-order chi connectivity index (χ1) is 16.7. The number of pyridine rings is 1. The number of hydrogen-bond acceptors (Lipinski definition) is 3. The van der Waals surface area contributed by atoms with Crippen LogP contribution in [0, 0.1) is 17.3 Å². The molecule has 0 saturated heterocycles. The maximum absolute atomic E-state index is 13.5. The van der Waals surface area contributed by atoms with E-state index in [1.807, 2.05) is 24.4 Å². The number of aromatic nitrogens is 1. The van der Waals surface area contributed by atoms with Crippen molar-refractivity contribution in [2.24, 2.45) is 17.3 Å². The van der Waals surface area contributed by atoms with Crippen LogP contribution >= 0.6 is 0 Å². The highest BCUT2D eigenvalue weighted by atomic mass is 19.1. The van der Waals surface area contributed by atoms with Gasteiger partial charge in [0.1, 0.15) is 6.67 Å². The Hall–Kier alpha value is -2.75. The predicted molar refractivity (Wildman–Crippen MR) is 146 cm³/mol. The molecule has 2 aromatic rings.